The lowest BCUT2D eigenvalue weighted by Gasteiger charge is -1.94. The van der Waals surface area contributed by atoms with Gasteiger partial charge in [-0.15, -0.1) is 0 Å². The van der Waals surface area contributed by atoms with Crippen LogP contribution in [0.2, 0.25) is 0 Å². The third kappa shape index (κ3) is 1.27. The lowest BCUT2D eigenvalue weighted by Crippen LogP contribution is -1.85. The molecule has 1 heterocycles. The van der Waals surface area contributed by atoms with Crippen LogP contribution in [0.1, 0.15) is 9.68 Å². The highest BCUT2D eigenvalue weighted by Gasteiger charge is 1.99. The second-order valence-electron chi connectivity index (χ2n) is 1.46. The van der Waals surface area contributed by atoms with Gasteiger partial charge in [0.05, 0.1) is 4.47 Å². The zero-order chi connectivity index (χ0) is 9.35. The molecule has 0 aliphatic carbocycles. The van der Waals surface area contributed by atoms with E-state index >= 15 is 0 Å². The van der Waals surface area contributed by atoms with Crippen molar-refractivity contribution in [3.05, 3.63) is 28.2 Å². The quantitative estimate of drug-likeness (QED) is 0.576. The maximum Gasteiger partial charge on any atom is 0.227 e. The van der Waals surface area contributed by atoms with Crippen molar-refractivity contribution in [3.8, 4) is 0 Å². The molecule has 1 aromatic heterocycles. The fourth-order valence-electron chi connectivity index (χ4n) is 0.418. The van der Waals surface area contributed by atoms with Crippen LogP contribution in [0.25, 0.3) is 0 Å². The third-order valence-electron chi connectivity index (χ3n) is 0.847. The summed E-state index contributed by atoms with van der Waals surface area (Å²) in [6.07, 6.45) is 1.13. The fourth-order valence-corrected chi connectivity index (χ4v) is 0.653. The average Bonchev–Trinajstić information content (AvgIpc) is 1.92. The van der Waals surface area contributed by atoms with Crippen molar-refractivity contribution in [2.75, 3.05) is 0 Å². The Morgan fingerprint density at radius 3 is 3.22 bits per heavy atom. The summed E-state index contributed by atoms with van der Waals surface area (Å²) in [6, 6.07) is 1.26. The van der Waals surface area contributed by atoms with E-state index in [1.807, 2.05) is 0 Å². The van der Waals surface area contributed by atoms with Gasteiger partial charge < -0.3 is 0 Å². The Labute approximate surface area is 65.3 Å². The van der Waals surface area contributed by atoms with E-state index in [4.69, 9.17) is 4.11 Å². The second kappa shape index (κ2) is 2.43. The molecule has 0 saturated heterocycles. The summed E-state index contributed by atoms with van der Waals surface area (Å²) in [5.74, 6) is -0.802. The van der Waals surface area contributed by atoms with Crippen LogP contribution in [0, 0.1) is 12.8 Å². The van der Waals surface area contributed by atoms with Gasteiger partial charge in [0.2, 0.25) is 5.95 Å². The van der Waals surface area contributed by atoms with Crippen LogP contribution in [-0.2, 0) is 0 Å². The lowest BCUT2D eigenvalue weighted by atomic mass is 10.3. The number of rotatable bonds is 0. The molecule has 3 heteroatoms. The molecule has 0 radical (unpaired) electrons. The SMILES string of the molecule is [2H]C([2H])([2H])c1ccnc(F)c1Br. The summed E-state index contributed by atoms with van der Waals surface area (Å²) >= 11 is 2.82. The molecule has 0 aliphatic heterocycles. The van der Waals surface area contributed by atoms with E-state index in [1.54, 1.807) is 0 Å². The van der Waals surface area contributed by atoms with Crippen molar-refractivity contribution in [1.82, 2.24) is 4.98 Å². The standard InChI is InChI=1S/C6H5BrFN/c1-4-2-3-9-6(8)5(4)7/h2-3H,1H3/i1D3. The highest BCUT2D eigenvalue weighted by molar-refractivity contribution is 9.10. The fraction of sp³-hybridized carbons (Fsp3) is 0.167. The van der Waals surface area contributed by atoms with Crippen LogP contribution in [0.4, 0.5) is 4.39 Å². The molecule has 0 atom stereocenters. The van der Waals surface area contributed by atoms with Gasteiger partial charge in [0, 0.05) is 10.3 Å². The van der Waals surface area contributed by atoms with E-state index in [1.165, 1.54) is 6.07 Å². The van der Waals surface area contributed by atoms with Crippen LogP contribution >= 0.6 is 15.9 Å². The molecule has 0 unspecified atom stereocenters. The highest BCUT2D eigenvalue weighted by atomic mass is 79.9. The van der Waals surface area contributed by atoms with Gasteiger partial charge in [0.15, 0.2) is 0 Å². The smallest absolute Gasteiger partial charge is 0.227 e. The average molecular weight is 193 g/mol. The van der Waals surface area contributed by atoms with Gasteiger partial charge in [-0.1, -0.05) is 0 Å². The third-order valence-corrected chi connectivity index (χ3v) is 1.60. The van der Waals surface area contributed by atoms with Gasteiger partial charge in [-0.3, -0.25) is 0 Å². The Morgan fingerprint density at radius 1 is 1.89 bits per heavy atom. The molecule has 0 bridgehead atoms. The number of aromatic nitrogens is 1. The largest absolute Gasteiger partial charge is 0.227 e. The molecule has 0 aromatic carbocycles. The molecule has 0 saturated carbocycles. The molecular formula is C6H5BrFN. The number of pyridine rings is 1. The molecule has 0 fully saturated rings. The summed E-state index contributed by atoms with van der Waals surface area (Å²) in [5.41, 5.74) is -0.0602. The molecule has 48 valence electrons. The monoisotopic (exact) mass is 192 g/mol. The zero-order valence-corrected chi connectivity index (χ0v) is 5.94. The summed E-state index contributed by atoms with van der Waals surface area (Å²) in [4.78, 5) is 3.29. The van der Waals surface area contributed by atoms with Crippen LogP contribution in [0.3, 0.4) is 0 Å². The Balaban J connectivity index is 3.26. The van der Waals surface area contributed by atoms with Crippen molar-refractivity contribution in [1.29, 1.82) is 0 Å². The lowest BCUT2D eigenvalue weighted by molar-refractivity contribution is 0.575. The second-order valence-corrected chi connectivity index (χ2v) is 2.26. The van der Waals surface area contributed by atoms with Crippen molar-refractivity contribution >= 4 is 15.9 Å². The van der Waals surface area contributed by atoms with E-state index in [0.29, 0.717) is 0 Å². The van der Waals surface area contributed by atoms with Crippen LogP contribution in [-0.4, -0.2) is 4.98 Å². The molecule has 1 nitrogen and oxygen atoms in total. The minimum absolute atomic E-state index is 0.0602. The number of hydrogen-bond acceptors (Lipinski definition) is 1. The molecule has 1 rings (SSSR count). The van der Waals surface area contributed by atoms with Crippen molar-refractivity contribution < 1.29 is 8.50 Å². The van der Waals surface area contributed by atoms with Crippen molar-refractivity contribution in [3.63, 3.8) is 0 Å². The van der Waals surface area contributed by atoms with Gasteiger partial charge >= 0.3 is 0 Å². The molecule has 9 heavy (non-hydrogen) atoms. The summed E-state index contributed by atoms with van der Waals surface area (Å²) in [5, 5.41) is 0. The van der Waals surface area contributed by atoms with Crippen molar-refractivity contribution in [2.24, 2.45) is 0 Å². The zero-order valence-electron chi connectivity index (χ0n) is 7.36. The van der Waals surface area contributed by atoms with Gasteiger partial charge in [-0.2, -0.15) is 4.39 Å². The molecular weight excluding hydrogens is 185 g/mol. The molecule has 1 aromatic rings. The Hall–Kier alpha value is -0.440. The topological polar surface area (TPSA) is 12.9 Å². The first-order valence-corrected chi connectivity index (χ1v) is 3.02. The Morgan fingerprint density at radius 2 is 2.67 bits per heavy atom. The van der Waals surface area contributed by atoms with Crippen LogP contribution < -0.4 is 0 Å². The maximum absolute atomic E-state index is 12.7. The Bertz CT molecular complexity index is 299. The first kappa shape index (κ1) is 3.66. The molecule has 0 aliphatic rings. The summed E-state index contributed by atoms with van der Waals surface area (Å²) < 4.78 is 33.7. The minimum Gasteiger partial charge on any atom is -0.227 e. The summed E-state index contributed by atoms with van der Waals surface area (Å²) in [7, 11) is 0. The van der Waals surface area contributed by atoms with Gasteiger partial charge in [-0.25, -0.2) is 4.98 Å². The first-order valence-electron chi connectivity index (χ1n) is 3.73. The van der Waals surface area contributed by atoms with Crippen LogP contribution in [0.5, 0.6) is 0 Å². The van der Waals surface area contributed by atoms with Gasteiger partial charge in [-0.05, 0) is 34.4 Å². The molecule has 0 amide bonds. The number of nitrogens with zero attached hydrogens (tertiary/aromatic N) is 1. The predicted molar refractivity (Wildman–Crippen MR) is 36.6 cm³/mol. The van der Waals surface area contributed by atoms with Gasteiger partial charge in [0.25, 0.3) is 0 Å². The van der Waals surface area contributed by atoms with E-state index in [0.717, 1.165) is 6.20 Å². The van der Waals surface area contributed by atoms with Gasteiger partial charge in [0.1, 0.15) is 0 Å². The molecule has 0 spiro atoms. The Kier molecular flexibility index (Phi) is 0.990. The number of hydrogen-bond donors (Lipinski definition) is 0. The van der Waals surface area contributed by atoms with Crippen molar-refractivity contribution in [2.45, 2.75) is 6.85 Å². The number of halogens is 2. The first-order chi connectivity index (χ1) is 5.43. The van der Waals surface area contributed by atoms with Crippen LogP contribution in [0.15, 0.2) is 16.7 Å². The minimum atomic E-state index is -2.30. The highest BCUT2D eigenvalue weighted by Crippen LogP contribution is 2.16. The van der Waals surface area contributed by atoms with E-state index in [2.05, 4.69) is 20.9 Å². The normalized spacial score (nSPS) is 16.0. The van der Waals surface area contributed by atoms with E-state index < -0.39 is 12.8 Å². The van der Waals surface area contributed by atoms with E-state index in [-0.39, 0.29) is 10.0 Å². The van der Waals surface area contributed by atoms with E-state index in [9.17, 15) is 4.39 Å². The predicted octanol–water partition coefficient (Wildman–Crippen LogP) is 2.29. The number of aryl methyl sites for hydroxylation is 1. The summed E-state index contributed by atoms with van der Waals surface area (Å²) in [6.45, 7) is -2.30. The molecule has 0 N–H and O–H groups in total. The maximum atomic E-state index is 12.7.